The number of aromatic nitrogens is 2. The number of anilines is 1. The second-order valence-corrected chi connectivity index (χ2v) is 5.10. The molecule has 20 heavy (non-hydrogen) atoms. The molecule has 0 aliphatic carbocycles. The highest BCUT2D eigenvalue weighted by Gasteiger charge is 2.06. The van der Waals surface area contributed by atoms with E-state index < -0.39 is 0 Å². The summed E-state index contributed by atoms with van der Waals surface area (Å²) in [5.74, 6) is 0.439. The van der Waals surface area contributed by atoms with Gasteiger partial charge in [0.05, 0.1) is 0 Å². The van der Waals surface area contributed by atoms with E-state index in [-0.39, 0.29) is 11.6 Å². The molecule has 0 spiro atoms. The van der Waals surface area contributed by atoms with E-state index in [1.165, 1.54) is 5.56 Å². The lowest BCUT2D eigenvalue weighted by Crippen LogP contribution is -2.26. The maximum absolute atomic E-state index is 12.1. The van der Waals surface area contributed by atoms with E-state index in [0.717, 1.165) is 19.4 Å². The lowest BCUT2D eigenvalue weighted by molar-refractivity contribution is 0.575. The number of nitrogens with zero attached hydrogens (tertiary/aromatic N) is 2. The van der Waals surface area contributed by atoms with Crippen LogP contribution in [0.4, 0.5) is 5.82 Å². The van der Waals surface area contributed by atoms with Crippen LogP contribution in [0.25, 0.3) is 0 Å². The van der Waals surface area contributed by atoms with E-state index >= 15 is 0 Å². The molecule has 1 heterocycles. The summed E-state index contributed by atoms with van der Waals surface area (Å²) >= 11 is 0. The molecule has 4 heteroatoms. The van der Waals surface area contributed by atoms with Crippen LogP contribution in [-0.2, 0) is 6.42 Å². The molecule has 2 rings (SSSR count). The summed E-state index contributed by atoms with van der Waals surface area (Å²) in [5, 5.41) is 3.13. The van der Waals surface area contributed by atoms with Crippen LogP contribution < -0.4 is 10.9 Å². The van der Waals surface area contributed by atoms with Crippen LogP contribution in [0.5, 0.6) is 0 Å². The number of benzene rings is 1. The molecule has 0 fully saturated rings. The van der Waals surface area contributed by atoms with Crippen LogP contribution >= 0.6 is 0 Å². The lowest BCUT2D eigenvalue weighted by Gasteiger charge is -2.11. The molecule has 2 aromatic rings. The molecule has 0 aliphatic rings. The second-order valence-electron chi connectivity index (χ2n) is 5.10. The van der Waals surface area contributed by atoms with Crippen molar-refractivity contribution in [3.8, 4) is 0 Å². The van der Waals surface area contributed by atoms with Gasteiger partial charge in [0.2, 0.25) is 0 Å². The van der Waals surface area contributed by atoms with Crippen molar-refractivity contribution in [3.05, 3.63) is 58.6 Å². The second kappa shape index (κ2) is 6.89. The van der Waals surface area contributed by atoms with Crippen molar-refractivity contribution < 1.29 is 0 Å². The average Bonchev–Trinajstić information content (AvgIpc) is 2.46. The third-order valence-corrected chi connectivity index (χ3v) is 3.20. The molecule has 1 aromatic carbocycles. The maximum atomic E-state index is 12.1. The van der Waals surface area contributed by atoms with Crippen molar-refractivity contribution in [1.29, 1.82) is 0 Å². The fourth-order valence-electron chi connectivity index (χ4n) is 2.10. The fraction of sp³-hybridized carbons (Fsp3) is 0.375. The first kappa shape index (κ1) is 14.3. The lowest BCUT2D eigenvalue weighted by atomic mass is 10.1. The predicted molar refractivity (Wildman–Crippen MR) is 82.1 cm³/mol. The topological polar surface area (TPSA) is 46.9 Å². The SMILES string of the molecule is CC(C)n1ccnc(NCCCc2ccccc2)c1=O. The van der Waals surface area contributed by atoms with Crippen molar-refractivity contribution in [2.24, 2.45) is 0 Å². The molecule has 4 nitrogen and oxygen atoms in total. The van der Waals surface area contributed by atoms with Crippen LogP contribution in [0.2, 0.25) is 0 Å². The minimum absolute atomic E-state index is 0.0535. The third kappa shape index (κ3) is 3.70. The summed E-state index contributed by atoms with van der Waals surface area (Å²) in [6.45, 7) is 4.72. The van der Waals surface area contributed by atoms with Crippen molar-refractivity contribution in [2.75, 3.05) is 11.9 Å². The monoisotopic (exact) mass is 271 g/mol. The van der Waals surface area contributed by atoms with E-state index in [1.54, 1.807) is 17.0 Å². The van der Waals surface area contributed by atoms with Crippen LogP contribution in [0.3, 0.4) is 0 Å². The molecule has 1 N–H and O–H groups in total. The van der Waals surface area contributed by atoms with Crippen molar-refractivity contribution in [1.82, 2.24) is 9.55 Å². The number of hydrogen-bond acceptors (Lipinski definition) is 3. The van der Waals surface area contributed by atoms with E-state index in [2.05, 4.69) is 22.4 Å². The Morgan fingerprint density at radius 1 is 1.25 bits per heavy atom. The van der Waals surface area contributed by atoms with Crippen LogP contribution in [0, 0.1) is 0 Å². The van der Waals surface area contributed by atoms with Gasteiger partial charge in [-0.3, -0.25) is 4.79 Å². The smallest absolute Gasteiger partial charge is 0.293 e. The predicted octanol–water partition coefficient (Wildman–Crippen LogP) is 2.87. The van der Waals surface area contributed by atoms with Crippen molar-refractivity contribution in [3.63, 3.8) is 0 Å². The Morgan fingerprint density at radius 3 is 2.70 bits per heavy atom. The molecule has 0 saturated carbocycles. The van der Waals surface area contributed by atoms with Gasteiger partial charge in [-0.15, -0.1) is 0 Å². The van der Waals surface area contributed by atoms with Gasteiger partial charge < -0.3 is 9.88 Å². The number of hydrogen-bond donors (Lipinski definition) is 1. The van der Waals surface area contributed by atoms with Gasteiger partial charge in [-0.1, -0.05) is 30.3 Å². The van der Waals surface area contributed by atoms with Crippen molar-refractivity contribution in [2.45, 2.75) is 32.7 Å². The Morgan fingerprint density at radius 2 is 2.00 bits per heavy atom. The van der Waals surface area contributed by atoms with Gasteiger partial charge in [0.1, 0.15) is 0 Å². The molecule has 0 radical (unpaired) electrons. The summed E-state index contributed by atoms with van der Waals surface area (Å²) in [6, 6.07) is 10.5. The third-order valence-electron chi connectivity index (χ3n) is 3.20. The van der Waals surface area contributed by atoms with Gasteiger partial charge in [0, 0.05) is 25.0 Å². The number of nitrogens with one attached hydrogen (secondary N) is 1. The minimum atomic E-state index is -0.0535. The first-order valence-electron chi connectivity index (χ1n) is 7.03. The fourth-order valence-corrected chi connectivity index (χ4v) is 2.10. The quantitative estimate of drug-likeness (QED) is 0.822. The molecular formula is C16H21N3O. The van der Waals surface area contributed by atoms with Gasteiger partial charge in [0.25, 0.3) is 5.56 Å². The molecule has 0 amide bonds. The molecule has 0 atom stereocenters. The van der Waals surface area contributed by atoms with Crippen molar-refractivity contribution >= 4 is 5.82 Å². The van der Waals surface area contributed by atoms with Gasteiger partial charge in [-0.25, -0.2) is 4.98 Å². The highest BCUT2D eigenvalue weighted by atomic mass is 16.1. The Hall–Kier alpha value is -2.10. The van der Waals surface area contributed by atoms with Gasteiger partial charge in [-0.05, 0) is 32.3 Å². The van der Waals surface area contributed by atoms with E-state index in [4.69, 9.17) is 0 Å². The zero-order valence-corrected chi connectivity index (χ0v) is 12.0. The molecule has 0 aliphatic heterocycles. The standard InChI is InChI=1S/C16H21N3O/c1-13(2)19-12-11-18-15(16(19)20)17-10-6-9-14-7-4-3-5-8-14/h3-5,7-8,11-13H,6,9-10H2,1-2H3,(H,17,18). The summed E-state index contributed by atoms with van der Waals surface area (Å²) in [5.41, 5.74) is 1.26. The molecule has 106 valence electrons. The summed E-state index contributed by atoms with van der Waals surface area (Å²) < 4.78 is 1.69. The molecule has 0 saturated heterocycles. The van der Waals surface area contributed by atoms with E-state index in [9.17, 15) is 4.79 Å². The van der Waals surface area contributed by atoms with Gasteiger partial charge >= 0.3 is 0 Å². The van der Waals surface area contributed by atoms with E-state index in [0.29, 0.717) is 5.82 Å². The molecule has 0 bridgehead atoms. The Bertz CT molecular complexity index is 590. The normalized spacial score (nSPS) is 10.8. The molecule has 0 unspecified atom stereocenters. The number of aryl methyl sites for hydroxylation is 1. The van der Waals surface area contributed by atoms with E-state index in [1.807, 2.05) is 32.0 Å². The maximum Gasteiger partial charge on any atom is 0.293 e. The minimum Gasteiger partial charge on any atom is -0.365 e. The molecule has 1 aromatic heterocycles. The Labute approximate surface area is 119 Å². The van der Waals surface area contributed by atoms with Crippen LogP contribution in [0.15, 0.2) is 47.5 Å². The first-order valence-corrected chi connectivity index (χ1v) is 7.03. The summed E-state index contributed by atoms with van der Waals surface area (Å²) in [6.07, 6.45) is 5.36. The largest absolute Gasteiger partial charge is 0.365 e. The molecular weight excluding hydrogens is 250 g/mol. The Kier molecular flexibility index (Phi) is 4.93. The van der Waals surface area contributed by atoms with Crippen LogP contribution in [0.1, 0.15) is 31.9 Å². The summed E-state index contributed by atoms with van der Waals surface area (Å²) in [4.78, 5) is 16.2. The highest BCUT2D eigenvalue weighted by Crippen LogP contribution is 2.04. The zero-order chi connectivity index (χ0) is 14.4. The Balaban J connectivity index is 1.89. The highest BCUT2D eigenvalue weighted by molar-refractivity contribution is 5.30. The zero-order valence-electron chi connectivity index (χ0n) is 12.0. The number of rotatable bonds is 6. The van der Waals surface area contributed by atoms with Gasteiger partial charge in [0.15, 0.2) is 5.82 Å². The first-order chi connectivity index (χ1) is 9.68. The summed E-state index contributed by atoms with van der Waals surface area (Å²) in [7, 11) is 0. The van der Waals surface area contributed by atoms with Crippen LogP contribution in [-0.4, -0.2) is 16.1 Å². The average molecular weight is 271 g/mol. The van der Waals surface area contributed by atoms with Gasteiger partial charge in [-0.2, -0.15) is 0 Å².